The van der Waals surface area contributed by atoms with Crippen LogP contribution in [0.5, 0.6) is 0 Å². The molecule has 6 nitrogen and oxygen atoms in total. The van der Waals surface area contributed by atoms with E-state index >= 15 is 4.39 Å². The second kappa shape index (κ2) is 10.1. The molecule has 1 N–H and O–H groups in total. The quantitative estimate of drug-likeness (QED) is 0.333. The smallest absolute Gasteiger partial charge is 0.379 e. The highest BCUT2D eigenvalue weighted by atomic mass is 35.5. The number of methoxy groups -OCH3 is 1. The van der Waals surface area contributed by atoms with Crippen LogP contribution in [0, 0.1) is 11.6 Å². The molecule has 0 bridgehead atoms. The molecule has 2 aromatic carbocycles. The normalized spacial score (nSPS) is 23.3. The number of anilines is 1. The van der Waals surface area contributed by atoms with E-state index in [0.29, 0.717) is 19.2 Å². The maximum atomic E-state index is 15.2. The Morgan fingerprint density at radius 2 is 1.95 bits per heavy atom. The Morgan fingerprint density at radius 3 is 2.69 bits per heavy atom. The van der Waals surface area contributed by atoms with E-state index in [-0.39, 0.29) is 46.0 Å². The van der Waals surface area contributed by atoms with Crippen LogP contribution in [0.1, 0.15) is 5.56 Å². The predicted molar refractivity (Wildman–Crippen MR) is 143 cm³/mol. The lowest BCUT2D eigenvalue weighted by molar-refractivity contribution is -0.137. The zero-order chi connectivity index (χ0) is 27.6. The summed E-state index contributed by atoms with van der Waals surface area (Å²) in [4.78, 5) is 19.8. The van der Waals surface area contributed by atoms with Gasteiger partial charge < -0.3 is 15.0 Å². The van der Waals surface area contributed by atoms with Crippen LogP contribution < -0.4 is 15.9 Å². The molecule has 0 radical (unpaired) electrons. The molecule has 2 unspecified atom stereocenters. The van der Waals surface area contributed by atoms with Crippen LogP contribution in [0.3, 0.4) is 0 Å². The molecule has 2 saturated heterocycles. The number of halogens is 6. The van der Waals surface area contributed by atoms with E-state index in [2.05, 4.69) is 10.3 Å². The maximum absolute atomic E-state index is 15.2. The van der Waals surface area contributed by atoms with Gasteiger partial charge in [0.2, 0.25) is 0 Å². The number of fused-ring (bicyclic) bond motifs is 1. The summed E-state index contributed by atoms with van der Waals surface area (Å²) < 4.78 is 80.2. The molecule has 1 aromatic heterocycles. The summed E-state index contributed by atoms with van der Waals surface area (Å²) in [6.45, 7) is 1.10. The van der Waals surface area contributed by atoms with Crippen LogP contribution in [0.4, 0.5) is 27.8 Å². The van der Waals surface area contributed by atoms with E-state index in [4.69, 9.17) is 16.3 Å². The van der Waals surface area contributed by atoms with Gasteiger partial charge in [-0.3, -0.25) is 4.57 Å². The molecule has 3 atom stereocenters. The van der Waals surface area contributed by atoms with Crippen molar-refractivity contribution >= 4 is 51.8 Å². The first-order valence-electron chi connectivity index (χ1n) is 12.2. The van der Waals surface area contributed by atoms with Crippen molar-refractivity contribution in [3.8, 4) is 11.1 Å². The van der Waals surface area contributed by atoms with E-state index in [1.54, 1.807) is 11.8 Å². The van der Waals surface area contributed by atoms with E-state index in [1.807, 2.05) is 4.90 Å². The summed E-state index contributed by atoms with van der Waals surface area (Å²) >= 11 is 8.68. The standard InChI is InChI=1S/C25H22ClF5N4O2S2/c1-37-11-7-35-21-13(23(33-24(35)36)34-3-2-32-18-9-38-10-19(18)34)4-14(25(29,30)31)20(22(21)39-8-11)12-5-15(26)17(28)6-16(12)27/h4-6,11,18-19,32H,2-3,7-10H2,1H3/t11-,18?,19?/m0/s1. The van der Waals surface area contributed by atoms with Gasteiger partial charge in [-0.25, -0.2) is 13.6 Å². The van der Waals surface area contributed by atoms with Crippen LogP contribution >= 0.6 is 35.1 Å². The number of nitrogens with zero attached hydrogens (tertiary/aromatic N) is 3. The Balaban J connectivity index is 1.73. The lowest BCUT2D eigenvalue weighted by atomic mass is 9.95. The van der Waals surface area contributed by atoms with Crippen LogP contribution in [0.2, 0.25) is 5.02 Å². The minimum Gasteiger partial charge on any atom is -0.379 e. The van der Waals surface area contributed by atoms with Crippen LogP contribution in [-0.4, -0.2) is 65.2 Å². The molecule has 14 heteroatoms. The van der Waals surface area contributed by atoms with Gasteiger partial charge in [-0.1, -0.05) is 11.6 Å². The Kier molecular flexibility index (Phi) is 7.02. The van der Waals surface area contributed by atoms with Gasteiger partial charge in [0.05, 0.1) is 34.8 Å². The van der Waals surface area contributed by atoms with Crippen LogP contribution in [0.15, 0.2) is 27.9 Å². The molecule has 2 fully saturated rings. The van der Waals surface area contributed by atoms with Crippen LogP contribution in [0.25, 0.3) is 22.0 Å². The predicted octanol–water partition coefficient (Wildman–Crippen LogP) is 5.03. The molecule has 208 valence electrons. The topological polar surface area (TPSA) is 59.4 Å². The third-order valence-corrected chi connectivity index (χ3v) is 10.1. The summed E-state index contributed by atoms with van der Waals surface area (Å²) in [5, 5.41) is 3.07. The van der Waals surface area contributed by atoms with Crippen molar-refractivity contribution < 1.29 is 26.7 Å². The fourth-order valence-corrected chi connectivity index (χ4v) is 8.41. The van der Waals surface area contributed by atoms with Crippen molar-refractivity contribution in [1.82, 2.24) is 14.9 Å². The first-order chi connectivity index (χ1) is 18.6. The van der Waals surface area contributed by atoms with E-state index in [1.165, 1.54) is 11.7 Å². The van der Waals surface area contributed by atoms with E-state index < -0.39 is 51.3 Å². The number of ether oxygens (including phenoxy) is 1. The summed E-state index contributed by atoms with van der Waals surface area (Å²) in [5.41, 5.74) is -2.52. The number of rotatable bonds is 3. The van der Waals surface area contributed by atoms with Gasteiger partial charge in [0.1, 0.15) is 17.5 Å². The molecule has 0 spiro atoms. The van der Waals surface area contributed by atoms with Crippen molar-refractivity contribution in [2.45, 2.75) is 35.8 Å². The fraction of sp³-hybridized carbons (Fsp3) is 0.440. The third kappa shape index (κ3) is 4.59. The Morgan fingerprint density at radius 1 is 1.15 bits per heavy atom. The maximum Gasteiger partial charge on any atom is 0.417 e. The lowest BCUT2D eigenvalue weighted by Crippen LogP contribution is -2.58. The van der Waals surface area contributed by atoms with Crippen molar-refractivity contribution in [2.75, 3.05) is 42.4 Å². The highest BCUT2D eigenvalue weighted by Gasteiger charge is 2.41. The first kappa shape index (κ1) is 27.1. The van der Waals surface area contributed by atoms with Gasteiger partial charge in [-0.2, -0.15) is 29.9 Å². The Labute approximate surface area is 233 Å². The summed E-state index contributed by atoms with van der Waals surface area (Å²) in [7, 11) is 1.45. The molecule has 0 aliphatic carbocycles. The van der Waals surface area contributed by atoms with Crippen LogP contribution in [-0.2, 0) is 17.5 Å². The third-order valence-electron chi connectivity index (χ3n) is 7.40. The van der Waals surface area contributed by atoms with Gasteiger partial charge in [0.15, 0.2) is 0 Å². The summed E-state index contributed by atoms with van der Waals surface area (Å²) in [5.74, 6) is -0.325. The number of hydrogen-bond acceptors (Lipinski definition) is 7. The van der Waals surface area contributed by atoms with Gasteiger partial charge in [0, 0.05) is 71.0 Å². The number of hydrogen-bond donors (Lipinski definition) is 1. The lowest BCUT2D eigenvalue weighted by Gasteiger charge is -2.39. The second-order valence-corrected chi connectivity index (χ2v) is 12.1. The van der Waals surface area contributed by atoms with Crippen molar-refractivity contribution in [3.05, 3.63) is 50.9 Å². The zero-order valence-electron chi connectivity index (χ0n) is 20.4. The molecule has 3 aliphatic rings. The number of benzene rings is 2. The van der Waals surface area contributed by atoms with Gasteiger partial charge >= 0.3 is 11.9 Å². The SMILES string of the molecule is CO[C@@H]1CSc2c(-c3cc(Cl)c(F)cc3F)c(C(F)(F)F)cc3c(N4CCNC5CSCC54)nc(=O)n(c23)C1. The molecule has 4 heterocycles. The van der Waals surface area contributed by atoms with Crippen molar-refractivity contribution in [3.63, 3.8) is 0 Å². The van der Waals surface area contributed by atoms with Gasteiger partial charge in [-0.15, -0.1) is 11.8 Å². The monoisotopic (exact) mass is 604 g/mol. The minimum absolute atomic E-state index is 0.0502. The Hall–Kier alpha value is -2.06. The molecule has 6 rings (SSSR count). The van der Waals surface area contributed by atoms with Gasteiger partial charge in [-0.05, 0) is 12.1 Å². The summed E-state index contributed by atoms with van der Waals surface area (Å²) in [6, 6.07) is 2.33. The van der Waals surface area contributed by atoms with Crippen molar-refractivity contribution in [1.29, 1.82) is 0 Å². The van der Waals surface area contributed by atoms with Crippen molar-refractivity contribution in [2.24, 2.45) is 0 Å². The molecule has 0 saturated carbocycles. The van der Waals surface area contributed by atoms with Gasteiger partial charge in [0.25, 0.3) is 0 Å². The molecule has 39 heavy (non-hydrogen) atoms. The number of nitrogens with one attached hydrogen (secondary N) is 1. The summed E-state index contributed by atoms with van der Waals surface area (Å²) in [6.07, 6.45) is -5.43. The molecular weight excluding hydrogens is 583 g/mol. The number of alkyl halides is 3. The fourth-order valence-electron chi connectivity index (χ4n) is 5.55. The zero-order valence-corrected chi connectivity index (χ0v) is 22.8. The average Bonchev–Trinajstić information content (AvgIpc) is 3.29. The van der Waals surface area contributed by atoms with E-state index in [9.17, 15) is 22.4 Å². The number of aromatic nitrogens is 2. The number of thioether (sulfide) groups is 2. The first-order valence-corrected chi connectivity index (χ1v) is 14.7. The number of piperazine rings is 1. The molecule has 3 aliphatic heterocycles. The highest BCUT2D eigenvalue weighted by molar-refractivity contribution is 7.99. The second-order valence-electron chi connectivity index (χ2n) is 9.62. The molecule has 0 amide bonds. The largest absolute Gasteiger partial charge is 0.417 e. The molecular formula is C25H22ClF5N4O2S2. The molecule has 3 aromatic rings. The Bertz CT molecular complexity index is 1540. The average molecular weight is 605 g/mol. The highest BCUT2D eigenvalue weighted by Crippen LogP contribution is 2.49. The minimum atomic E-state index is -4.91. The van der Waals surface area contributed by atoms with E-state index in [0.717, 1.165) is 35.4 Å².